The summed E-state index contributed by atoms with van der Waals surface area (Å²) in [6.45, 7) is 0. The number of hydrogen-bond donors (Lipinski definition) is 1. The van der Waals surface area contributed by atoms with Gasteiger partial charge in [-0.1, -0.05) is 18.2 Å². The van der Waals surface area contributed by atoms with Crippen LogP contribution in [0.1, 0.15) is 16.1 Å². The molecule has 3 heterocycles. The molecule has 1 aromatic carbocycles. The van der Waals surface area contributed by atoms with Gasteiger partial charge in [0.2, 0.25) is 5.88 Å². The highest BCUT2D eigenvalue weighted by Gasteiger charge is 2.31. The van der Waals surface area contributed by atoms with E-state index in [4.69, 9.17) is 4.74 Å². The van der Waals surface area contributed by atoms with E-state index in [2.05, 4.69) is 10.1 Å². The molecule has 0 saturated heterocycles. The number of hydrogen-bond acceptors (Lipinski definition) is 5. The van der Waals surface area contributed by atoms with Gasteiger partial charge in [-0.25, -0.2) is 14.5 Å². The number of pyridine rings is 1. The van der Waals surface area contributed by atoms with Crippen LogP contribution in [0.15, 0.2) is 47.5 Å². The van der Waals surface area contributed by atoms with Crippen LogP contribution in [0.3, 0.4) is 0 Å². The first-order valence-electron chi connectivity index (χ1n) is 7.43. The van der Waals surface area contributed by atoms with Crippen LogP contribution >= 0.6 is 0 Å². The summed E-state index contributed by atoms with van der Waals surface area (Å²) < 4.78 is 19.1. The van der Waals surface area contributed by atoms with Gasteiger partial charge in [0.15, 0.2) is 5.69 Å². The maximum atomic E-state index is 12.5. The van der Waals surface area contributed by atoms with Gasteiger partial charge in [-0.3, -0.25) is 4.21 Å². The Kier molecular flexibility index (Phi) is 3.61. The van der Waals surface area contributed by atoms with Crippen LogP contribution in [-0.4, -0.2) is 37.2 Å². The fraction of sp³-hybridized carbons (Fsp3) is 0.118. The lowest BCUT2D eigenvalue weighted by molar-refractivity contribution is 0.0689. The minimum absolute atomic E-state index is 0.0892. The van der Waals surface area contributed by atoms with Gasteiger partial charge in [-0.15, -0.1) is 0 Å². The van der Waals surface area contributed by atoms with Crippen molar-refractivity contribution in [2.24, 2.45) is 0 Å². The molecule has 0 radical (unpaired) electrons. The van der Waals surface area contributed by atoms with Crippen molar-refractivity contribution in [3.63, 3.8) is 0 Å². The fourth-order valence-corrected chi connectivity index (χ4v) is 4.24. The molecule has 0 fully saturated rings. The quantitative estimate of drug-likeness (QED) is 0.774. The number of ether oxygens (including phenoxy) is 1. The molecule has 0 bridgehead atoms. The van der Waals surface area contributed by atoms with E-state index in [1.807, 2.05) is 18.2 Å². The Morgan fingerprint density at radius 2 is 2.08 bits per heavy atom. The van der Waals surface area contributed by atoms with E-state index < -0.39 is 16.8 Å². The number of benzene rings is 1. The molecule has 0 spiro atoms. The van der Waals surface area contributed by atoms with Gasteiger partial charge in [0.05, 0.1) is 41.2 Å². The molecule has 1 atom stereocenters. The summed E-state index contributed by atoms with van der Waals surface area (Å²) in [6.07, 6.45) is 1.56. The Balaban J connectivity index is 2.00. The average molecular weight is 355 g/mol. The second-order valence-corrected chi connectivity index (χ2v) is 6.86. The number of carboxylic acids is 1. The third-order valence-corrected chi connectivity index (χ3v) is 5.42. The van der Waals surface area contributed by atoms with E-state index in [0.29, 0.717) is 27.7 Å². The second-order valence-electron chi connectivity index (χ2n) is 5.44. The Morgan fingerprint density at radius 3 is 2.76 bits per heavy atom. The molecule has 0 saturated carbocycles. The standard InChI is InChI=1S/C17H13N3O4S/c1-24-14-7-6-10(8-18-14)20-16-11-4-2-3-5-13(11)25(23)9-12(16)15(19-20)17(21)22/h2-8H,9H2,1H3,(H,21,22). The molecule has 3 aromatic rings. The molecule has 7 nitrogen and oxygen atoms in total. The SMILES string of the molecule is COc1ccc(-n2nc(C(=O)O)c3c2-c2ccccc2S(=O)C3)cn1. The largest absolute Gasteiger partial charge is 0.481 e. The van der Waals surface area contributed by atoms with Gasteiger partial charge in [-0.2, -0.15) is 5.10 Å². The lowest BCUT2D eigenvalue weighted by Gasteiger charge is -2.18. The van der Waals surface area contributed by atoms with Crippen molar-refractivity contribution >= 4 is 16.8 Å². The number of aromatic carboxylic acids is 1. The predicted molar refractivity (Wildman–Crippen MR) is 90.4 cm³/mol. The van der Waals surface area contributed by atoms with E-state index in [9.17, 15) is 14.1 Å². The Morgan fingerprint density at radius 1 is 1.28 bits per heavy atom. The lowest BCUT2D eigenvalue weighted by Crippen LogP contribution is -2.10. The summed E-state index contributed by atoms with van der Waals surface area (Å²) in [5.74, 6) is -0.574. The first-order chi connectivity index (χ1) is 12.1. The number of fused-ring (bicyclic) bond motifs is 3. The number of rotatable bonds is 3. The summed E-state index contributed by atoms with van der Waals surface area (Å²) in [5.41, 5.74) is 2.35. The minimum Gasteiger partial charge on any atom is -0.481 e. The average Bonchev–Trinajstić information content (AvgIpc) is 3.02. The summed E-state index contributed by atoms with van der Waals surface area (Å²) in [6, 6.07) is 10.7. The third kappa shape index (κ3) is 2.42. The second kappa shape index (κ2) is 5.82. The van der Waals surface area contributed by atoms with Crippen molar-refractivity contribution in [3.8, 4) is 22.8 Å². The van der Waals surface area contributed by atoms with E-state index in [0.717, 1.165) is 5.56 Å². The molecule has 1 N–H and O–H groups in total. The van der Waals surface area contributed by atoms with Gasteiger partial charge in [0.1, 0.15) is 0 Å². The van der Waals surface area contributed by atoms with Crippen LogP contribution in [0.2, 0.25) is 0 Å². The van der Waals surface area contributed by atoms with Crippen LogP contribution in [0.4, 0.5) is 0 Å². The number of aromatic nitrogens is 3. The van der Waals surface area contributed by atoms with Crippen molar-refractivity contribution < 1.29 is 18.8 Å². The van der Waals surface area contributed by atoms with Crippen molar-refractivity contribution in [1.82, 2.24) is 14.8 Å². The molecule has 2 aromatic heterocycles. The van der Waals surface area contributed by atoms with Crippen molar-refractivity contribution in [2.75, 3.05) is 7.11 Å². The van der Waals surface area contributed by atoms with Gasteiger partial charge >= 0.3 is 5.97 Å². The fourth-order valence-electron chi connectivity index (χ4n) is 2.91. The molecule has 8 heteroatoms. The van der Waals surface area contributed by atoms with Gasteiger partial charge in [0, 0.05) is 22.1 Å². The van der Waals surface area contributed by atoms with Crippen molar-refractivity contribution in [3.05, 3.63) is 53.9 Å². The highest BCUT2D eigenvalue weighted by Crippen LogP contribution is 2.38. The number of nitrogens with zero attached hydrogens (tertiary/aromatic N) is 3. The van der Waals surface area contributed by atoms with Crippen molar-refractivity contribution in [2.45, 2.75) is 10.6 Å². The van der Waals surface area contributed by atoms with E-state index in [1.54, 1.807) is 29.1 Å². The lowest BCUT2D eigenvalue weighted by atomic mass is 10.1. The molecule has 4 rings (SSSR count). The molecule has 25 heavy (non-hydrogen) atoms. The minimum atomic E-state index is -1.30. The van der Waals surface area contributed by atoms with Crippen LogP contribution < -0.4 is 4.74 Å². The zero-order valence-electron chi connectivity index (χ0n) is 13.2. The first kappa shape index (κ1) is 15.5. The molecule has 1 unspecified atom stereocenters. The first-order valence-corrected chi connectivity index (χ1v) is 8.75. The highest BCUT2D eigenvalue weighted by molar-refractivity contribution is 7.84. The van der Waals surface area contributed by atoms with E-state index in [1.165, 1.54) is 7.11 Å². The molecule has 0 aliphatic carbocycles. The monoisotopic (exact) mass is 355 g/mol. The number of methoxy groups -OCH3 is 1. The predicted octanol–water partition coefficient (Wildman–Crippen LogP) is 2.26. The van der Waals surface area contributed by atoms with Crippen LogP contribution in [0, 0.1) is 0 Å². The highest BCUT2D eigenvalue weighted by atomic mass is 32.2. The smallest absolute Gasteiger partial charge is 0.356 e. The Labute approximate surface area is 145 Å². The molecular weight excluding hydrogens is 342 g/mol. The van der Waals surface area contributed by atoms with Gasteiger partial charge < -0.3 is 9.84 Å². The maximum absolute atomic E-state index is 12.5. The topological polar surface area (TPSA) is 94.3 Å². The molecule has 0 amide bonds. The van der Waals surface area contributed by atoms with Gasteiger partial charge in [-0.05, 0) is 12.1 Å². The third-order valence-electron chi connectivity index (χ3n) is 4.02. The molecule has 126 valence electrons. The van der Waals surface area contributed by atoms with Crippen LogP contribution in [-0.2, 0) is 16.6 Å². The summed E-state index contributed by atoms with van der Waals surface area (Å²) >= 11 is 0. The van der Waals surface area contributed by atoms with Gasteiger partial charge in [0.25, 0.3) is 0 Å². The summed E-state index contributed by atoms with van der Waals surface area (Å²) in [5, 5.41) is 13.8. The Bertz CT molecular complexity index is 1010. The molecule has 1 aliphatic heterocycles. The van der Waals surface area contributed by atoms with Crippen LogP contribution in [0.25, 0.3) is 16.9 Å². The number of carboxylic acid groups (broad SMARTS) is 1. The van der Waals surface area contributed by atoms with E-state index in [-0.39, 0.29) is 11.4 Å². The molecular formula is C17H13N3O4S. The zero-order chi connectivity index (χ0) is 17.6. The Hall–Kier alpha value is -3.00. The zero-order valence-corrected chi connectivity index (χ0v) is 14.0. The number of carbonyl (C=O) groups is 1. The maximum Gasteiger partial charge on any atom is 0.356 e. The van der Waals surface area contributed by atoms with E-state index >= 15 is 0 Å². The summed E-state index contributed by atoms with van der Waals surface area (Å²) in [4.78, 5) is 16.5. The van der Waals surface area contributed by atoms with Crippen molar-refractivity contribution in [1.29, 1.82) is 0 Å². The normalized spacial score (nSPS) is 15.3. The molecule has 1 aliphatic rings. The summed E-state index contributed by atoms with van der Waals surface area (Å²) in [7, 11) is 0.216. The van der Waals surface area contributed by atoms with Crippen LogP contribution in [0.5, 0.6) is 5.88 Å².